The van der Waals surface area contributed by atoms with Gasteiger partial charge >= 0.3 is 11.9 Å². The Morgan fingerprint density at radius 2 is 1.72 bits per heavy atom. The van der Waals surface area contributed by atoms with Crippen molar-refractivity contribution in [2.45, 2.75) is 66.5 Å². The molecule has 2 aromatic rings. The highest BCUT2D eigenvalue weighted by Gasteiger charge is 2.31. The molecule has 0 aromatic carbocycles. The van der Waals surface area contributed by atoms with E-state index in [9.17, 15) is 19.2 Å². The van der Waals surface area contributed by atoms with Crippen LogP contribution in [0.25, 0.3) is 5.82 Å². The van der Waals surface area contributed by atoms with Crippen LogP contribution in [0.4, 0.5) is 0 Å². The molecular formula is C25H35N5O6. The Hall–Kier alpha value is -3.76. The molecule has 36 heavy (non-hydrogen) atoms. The molecule has 11 heteroatoms. The molecule has 2 rings (SSSR count). The van der Waals surface area contributed by atoms with Crippen LogP contribution in [0.15, 0.2) is 24.4 Å². The molecule has 196 valence electrons. The number of hydrogen-bond donors (Lipinski definition) is 2. The molecule has 2 atom stereocenters. The maximum Gasteiger partial charge on any atom is 0.328 e. The molecular weight excluding hydrogens is 466 g/mol. The molecule has 0 unspecified atom stereocenters. The number of pyridine rings is 1. The van der Waals surface area contributed by atoms with Crippen LogP contribution < -0.4 is 10.6 Å². The van der Waals surface area contributed by atoms with Crippen molar-refractivity contribution in [1.82, 2.24) is 25.4 Å². The van der Waals surface area contributed by atoms with Gasteiger partial charge in [0.05, 0.1) is 30.2 Å². The van der Waals surface area contributed by atoms with Crippen molar-refractivity contribution >= 4 is 23.8 Å². The van der Waals surface area contributed by atoms with Crippen molar-refractivity contribution in [2.24, 2.45) is 5.92 Å². The molecule has 2 heterocycles. The van der Waals surface area contributed by atoms with Crippen molar-refractivity contribution in [2.75, 3.05) is 13.2 Å². The predicted molar refractivity (Wildman–Crippen MR) is 131 cm³/mol. The zero-order chi connectivity index (χ0) is 26.8. The second-order valence-corrected chi connectivity index (χ2v) is 8.50. The van der Waals surface area contributed by atoms with Gasteiger partial charge in [0.25, 0.3) is 5.91 Å². The quantitative estimate of drug-likeness (QED) is 0.421. The fourth-order valence-corrected chi connectivity index (χ4v) is 3.67. The Morgan fingerprint density at radius 1 is 1.03 bits per heavy atom. The lowest BCUT2D eigenvalue weighted by Crippen LogP contribution is -2.54. The first kappa shape index (κ1) is 28.5. The molecule has 0 saturated carbocycles. The Labute approximate surface area is 210 Å². The summed E-state index contributed by atoms with van der Waals surface area (Å²) in [5, 5.41) is 9.84. The molecule has 0 spiro atoms. The number of nitrogens with one attached hydrogen (secondary N) is 2. The van der Waals surface area contributed by atoms with Crippen molar-refractivity contribution in [3.63, 3.8) is 0 Å². The van der Waals surface area contributed by atoms with Crippen LogP contribution in [0.5, 0.6) is 0 Å². The molecule has 0 aliphatic heterocycles. The maximum atomic E-state index is 13.2. The number of hydrogen-bond acceptors (Lipinski definition) is 8. The van der Waals surface area contributed by atoms with Crippen molar-refractivity contribution in [3.8, 4) is 5.82 Å². The molecule has 0 bridgehead atoms. The number of carbonyl (C=O) groups excluding carboxylic acids is 4. The van der Waals surface area contributed by atoms with E-state index in [4.69, 9.17) is 9.47 Å². The van der Waals surface area contributed by atoms with Crippen LogP contribution in [-0.4, -0.2) is 63.8 Å². The molecule has 2 N–H and O–H groups in total. The second-order valence-electron chi connectivity index (χ2n) is 8.50. The number of nitrogens with zero attached hydrogens (tertiary/aromatic N) is 3. The highest BCUT2D eigenvalue weighted by Crippen LogP contribution is 2.17. The third-order valence-corrected chi connectivity index (χ3v) is 5.45. The van der Waals surface area contributed by atoms with Gasteiger partial charge in [-0.05, 0) is 52.2 Å². The number of carbonyl (C=O) groups is 4. The van der Waals surface area contributed by atoms with E-state index in [1.807, 2.05) is 6.07 Å². The van der Waals surface area contributed by atoms with Gasteiger partial charge in [0, 0.05) is 12.6 Å². The van der Waals surface area contributed by atoms with Crippen molar-refractivity contribution < 1.29 is 28.7 Å². The lowest BCUT2D eigenvalue weighted by molar-refractivity contribution is -0.149. The summed E-state index contributed by atoms with van der Waals surface area (Å²) < 4.78 is 11.5. The molecule has 0 aliphatic carbocycles. The molecule has 11 nitrogen and oxygen atoms in total. The highest BCUT2D eigenvalue weighted by molar-refractivity contribution is 6.00. The van der Waals surface area contributed by atoms with Gasteiger partial charge in [-0.2, -0.15) is 5.10 Å². The summed E-state index contributed by atoms with van der Waals surface area (Å²) in [5.41, 5.74) is 1.39. The summed E-state index contributed by atoms with van der Waals surface area (Å²) in [6.45, 7) is 10.7. The molecule has 0 radical (unpaired) electrons. The average Bonchev–Trinajstić information content (AvgIpc) is 3.14. The van der Waals surface area contributed by atoms with Gasteiger partial charge in [0.1, 0.15) is 12.1 Å². The summed E-state index contributed by atoms with van der Waals surface area (Å²) in [5.74, 6) is -1.91. The minimum atomic E-state index is -1.06. The predicted octanol–water partition coefficient (Wildman–Crippen LogP) is 2.03. The fraction of sp³-hybridized carbons (Fsp3) is 0.520. The van der Waals surface area contributed by atoms with E-state index in [0.29, 0.717) is 22.8 Å². The van der Waals surface area contributed by atoms with Gasteiger partial charge in [-0.25, -0.2) is 14.5 Å². The number of esters is 2. The summed E-state index contributed by atoms with van der Waals surface area (Å²) in [4.78, 5) is 54.9. The van der Waals surface area contributed by atoms with Crippen LogP contribution in [0, 0.1) is 19.8 Å². The number of ether oxygens (including phenoxy) is 2. The Balaban J connectivity index is 2.20. The minimum Gasteiger partial charge on any atom is -0.466 e. The van der Waals surface area contributed by atoms with Gasteiger partial charge < -0.3 is 20.1 Å². The van der Waals surface area contributed by atoms with Gasteiger partial charge in [-0.15, -0.1) is 0 Å². The van der Waals surface area contributed by atoms with Crippen molar-refractivity contribution in [1.29, 1.82) is 0 Å². The molecule has 0 aliphatic rings. The van der Waals surface area contributed by atoms with E-state index in [2.05, 4.69) is 20.7 Å². The fourth-order valence-electron chi connectivity index (χ4n) is 3.67. The topological polar surface area (TPSA) is 142 Å². The van der Waals surface area contributed by atoms with E-state index >= 15 is 0 Å². The van der Waals surface area contributed by atoms with E-state index in [1.54, 1.807) is 64.6 Å². The summed E-state index contributed by atoms with van der Waals surface area (Å²) in [7, 11) is 0. The minimum absolute atomic E-state index is 0.0111. The Kier molecular flexibility index (Phi) is 10.6. The van der Waals surface area contributed by atoms with Crippen LogP contribution in [0.1, 0.15) is 62.3 Å². The van der Waals surface area contributed by atoms with Crippen LogP contribution in [0.3, 0.4) is 0 Å². The van der Waals surface area contributed by atoms with Crippen molar-refractivity contribution in [3.05, 3.63) is 41.3 Å². The van der Waals surface area contributed by atoms with Crippen LogP contribution in [-0.2, 0) is 23.9 Å². The third-order valence-electron chi connectivity index (χ3n) is 5.45. The highest BCUT2D eigenvalue weighted by atomic mass is 16.5. The number of aryl methyl sites for hydroxylation is 1. The number of aromatic nitrogens is 3. The maximum absolute atomic E-state index is 13.2. The van der Waals surface area contributed by atoms with E-state index in [1.165, 1.54) is 0 Å². The molecule has 0 saturated heterocycles. The van der Waals surface area contributed by atoms with Crippen LogP contribution >= 0.6 is 0 Å². The Morgan fingerprint density at radius 3 is 2.31 bits per heavy atom. The summed E-state index contributed by atoms with van der Waals surface area (Å²) in [6, 6.07) is 3.37. The van der Waals surface area contributed by atoms with E-state index in [-0.39, 0.29) is 32.0 Å². The number of amides is 2. The Bertz CT molecular complexity index is 1070. The van der Waals surface area contributed by atoms with E-state index in [0.717, 1.165) is 0 Å². The van der Waals surface area contributed by atoms with Gasteiger partial charge in [0.15, 0.2) is 5.82 Å². The average molecular weight is 502 g/mol. The monoisotopic (exact) mass is 501 g/mol. The zero-order valence-electron chi connectivity index (χ0n) is 21.7. The number of rotatable bonds is 12. The lowest BCUT2D eigenvalue weighted by atomic mass is 10.0. The molecule has 2 amide bonds. The van der Waals surface area contributed by atoms with E-state index < -0.39 is 35.8 Å². The lowest BCUT2D eigenvalue weighted by Gasteiger charge is -2.25. The first-order valence-electron chi connectivity index (χ1n) is 12.0. The first-order chi connectivity index (χ1) is 17.1. The smallest absolute Gasteiger partial charge is 0.328 e. The zero-order valence-corrected chi connectivity index (χ0v) is 21.7. The largest absolute Gasteiger partial charge is 0.466 e. The standard InChI is InChI=1S/C25H35N5O6/c1-7-35-20(31)13-12-18(25(34)36-8-2)27-24(33)22(15(3)4)28-23(32)21-16(5)29-30(17(21)6)19-11-9-10-14-26-19/h9-11,14-15,18,22H,7-8,12-13H2,1-6H3,(H,27,33)(H,28,32)/t18-,22+/m1/s1. The normalized spacial score (nSPS) is 12.5. The second kappa shape index (κ2) is 13.4. The summed E-state index contributed by atoms with van der Waals surface area (Å²) >= 11 is 0. The summed E-state index contributed by atoms with van der Waals surface area (Å²) in [6.07, 6.45) is 1.57. The third kappa shape index (κ3) is 7.37. The molecule has 2 aromatic heterocycles. The molecule has 0 fully saturated rings. The van der Waals surface area contributed by atoms with Crippen LogP contribution in [0.2, 0.25) is 0 Å². The SMILES string of the molecule is CCOC(=O)CC[C@@H](NC(=O)[C@@H](NC(=O)c1c(C)nn(-c2ccccn2)c1C)C(C)C)C(=O)OCC. The van der Waals surface area contributed by atoms with Gasteiger partial charge in [-0.1, -0.05) is 19.9 Å². The van der Waals surface area contributed by atoms with Gasteiger partial charge in [-0.3, -0.25) is 14.4 Å². The first-order valence-corrected chi connectivity index (χ1v) is 12.0. The van der Waals surface area contributed by atoms with Gasteiger partial charge in [0.2, 0.25) is 5.91 Å².